The summed E-state index contributed by atoms with van der Waals surface area (Å²) in [5.74, 6) is -0.137. The molecular weight excluding hydrogens is 314 g/mol. The molecule has 132 valence electrons. The van der Waals surface area contributed by atoms with Gasteiger partial charge in [-0.15, -0.1) is 0 Å². The van der Waals surface area contributed by atoms with Crippen molar-refractivity contribution in [2.24, 2.45) is 0 Å². The van der Waals surface area contributed by atoms with Crippen LogP contribution in [0.4, 0.5) is 17.1 Å². The van der Waals surface area contributed by atoms with Gasteiger partial charge < -0.3 is 20.7 Å². The molecular formula is C20H25N3O2. The van der Waals surface area contributed by atoms with E-state index in [-0.39, 0.29) is 5.91 Å². The lowest BCUT2D eigenvalue weighted by molar-refractivity contribution is 0.102. The molecule has 1 aliphatic heterocycles. The second-order valence-corrected chi connectivity index (χ2v) is 6.37. The number of piperidine rings is 1. The third-order valence-electron chi connectivity index (χ3n) is 4.55. The van der Waals surface area contributed by atoms with Gasteiger partial charge in [0.25, 0.3) is 5.91 Å². The summed E-state index contributed by atoms with van der Waals surface area (Å²) in [6, 6.07) is 13.3. The smallest absolute Gasteiger partial charge is 0.255 e. The Kier molecular flexibility index (Phi) is 5.56. The first kappa shape index (κ1) is 17.3. The number of hydrogen-bond acceptors (Lipinski definition) is 4. The molecule has 5 nitrogen and oxygen atoms in total. The quantitative estimate of drug-likeness (QED) is 0.816. The first-order chi connectivity index (χ1) is 12.2. The summed E-state index contributed by atoms with van der Waals surface area (Å²) in [5, 5.41) is 3.05. The molecule has 0 bridgehead atoms. The van der Waals surface area contributed by atoms with Crippen molar-refractivity contribution < 1.29 is 9.53 Å². The van der Waals surface area contributed by atoms with Crippen LogP contribution in [0.15, 0.2) is 42.5 Å². The largest absolute Gasteiger partial charge is 0.398 e. The van der Waals surface area contributed by atoms with E-state index in [1.54, 1.807) is 25.3 Å². The van der Waals surface area contributed by atoms with Gasteiger partial charge in [0.2, 0.25) is 0 Å². The van der Waals surface area contributed by atoms with Crippen LogP contribution in [0.2, 0.25) is 0 Å². The first-order valence-corrected chi connectivity index (χ1v) is 8.71. The molecule has 0 spiro atoms. The molecule has 0 radical (unpaired) electrons. The van der Waals surface area contributed by atoms with E-state index in [2.05, 4.69) is 16.3 Å². The standard InChI is InChI=1S/C20H25N3O2/c1-25-14-16-13-15(9-10-17(16)21)20(24)22-18-7-3-4-8-19(18)23-11-5-2-6-12-23/h3-4,7-10,13H,2,5-6,11-12,14,21H2,1H3,(H,22,24). The second-order valence-electron chi connectivity index (χ2n) is 6.37. The molecule has 0 atom stereocenters. The van der Waals surface area contributed by atoms with Crippen LogP contribution in [-0.2, 0) is 11.3 Å². The molecule has 0 saturated carbocycles. The van der Waals surface area contributed by atoms with E-state index < -0.39 is 0 Å². The monoisotopic (exact) mass is 339 g/mol. The van der Waals surface area contributed by atoms with Crippen LogP contribution < -0.4 is 16.0 Å². The Morgan fingerprint density at radius 3 is 2.68 bits per heavy atom. The van der Waals surface area contributed by atoms with Gasteiger partial charge in [-0.3, -0.25) is 4.79 Å². The zero-order chi connectivity index (χ0) is 17.6. The maximum Gasteiger partial charge on any atom is 0.255 e. The average Bonchev–Trinajstić information content (AvgIpc) is 2.65. The number of ether oxygens (including phenoxy) is 1. The van der Waals surface area contributed by atoms with Crippen LogP contribution in [0.25, 0.3) is 0 Å². The third-order valence-corrected chi connectivity index (χ3v) is 4.55. The molecule has 0 unspecified atom stereocenters. The zero-order valence-electron chi connectivity index (χ0n) is 14.6. The number of hydrogen-bond donors (Lipinski definition) is 2. The van der Waals surface area contributed by atoms with Gasteiger partial charge >= 0.3 is 0 Å². The third kappa shape index (κ3) is 4.12. The number of benzene rings is 2. The number of carbonyl (C=O) groups is 1. The van der Waals surface area contributed by atoms with Crippen molar-refractivity contribution >= 4 is 23.0 Å². The Labute approximate surface area is 148 Å². The SMILES string of the molecule is COCc1cc(C(=O)Nc2ccccc2N2CCCCC2)ccc1N. The van der Waals surface area contributed by atoms with E-state index in [4.69, 9.17) is 10.5 Å². The van der Waals surface area contributed by atoms with Crippen molar-refractivity contribution in [3.05, 3.63) is 53.6 Å². The van der Waals surface area contributed by atoms with Gasteiger partial charge in [0.05, 0.1) is 18.0 Å². The molecule has 0 aliphatic carbocycles. The van der Waals surface area contributed by atoms with Gasteiger partial charge in [-0.05, 0) is 49.6 Å². The molecule has 2 aromatic rings. The number of nitrogens with one attached hydrogen (secondary N) is 1. The topological polar surface area (TPSA) is 67.6 Å². The Balaban J connectivity index is 1.80. The minimum absolute atomic E-state index is 0.137. The lowest BCUT2D eigenvalue weighted by Gasteiger charge is -2.30. The molecule has 3 N–H and O–H groups in total. The Morgan fingerprint density at radius 2 is 1.92 bits per heavy atom. The highest BCUT2D eigenvalue weighted by atomic mass is 16.5. The van der Waals surface area contributed by atoms with Crippen molar-refractivity contribution in [2.45, 2.75) is 25.9 Å². The number of carbonyl (C=O) groups excluding carboxylic acids is 1. The Bertz CT molecular complexity index is 739. The van der Waals surface area contributed by atoms with Crippen molar-refractivity contribution in [3.8, 4) is 0 Å². The fourth-order valence-electron chi connectivity index (χ4n) is 3.21. The van der Waals surface area contributed by atoms with Gasteiger partial charge in [-0.25, -0.2) is 0 Å². The highest BCUT2D eigenvalue weighted by Gasteiger charge is 2.16. The number of nitrogens with two attached hydrogens (primary N) is 1. The van der Waals surface area contributed by atoms with Gasteiger partial charge in [0.1, 0.15) is 0 Å². The number of rotatable bonds is 5. The van der Waals surface area contributed by atoms with Gasteiger partial charge in [-0.1, -0.05) is 12.1 Å². The van der Waals surface area contributed by atoms with Crippen molar-refractivity contribution in [1.82, 2.24) is 0 Å². The predicted molar refractivity (Wildman–Crippen MR) is 102 cm³/mol. The number of methoxy groups -OCH3 is 1. The van der Waals surface area contributed by atoms with Gasteiger partial charge in [0.15, 0.2) is 0 Å². The molecule has 1 fully saturated rings. The lowest BCUT2D eigenvalue weighted by atomic mass is 10.1. The highest BCUT2D eigenvalue weighted by Crippen LogP contribution is 2.28. The van der Waals surface area contributed by atoms with E-state index in [0.29, 0.717) is 17.9 Å². The second kappa shape index (κ2) is 8.03. The predicted octanol–water partition coefficient (Wildman–Crippen LogP) is 3.66. The van der Waals surface area contributed by atoms with Crippen LogP contribution in [-0.4, -0.2) is 26.1 Å². The summed E-state index contributed by atoms with van der Waals surface area (Å²) in [4.78, 5) is 15.1. The van der Waals surface area contributed by atoms with Crippen LogP contribution in [0.3, 0.4) is 0 Å². The summed E-state index contributed by atoms with van der Waals surface area (Å²) in [5.41, 5.74) is 9.89. The molecule has 1 aliphatic rings. The van der Waals surface area contributed by atoms with E-state index in [0.717, 1.165) is 30.0 Å². The van der Waals surface area contributed by atoms with Crippen LogP contribution in [0.5, 0.6) is 0 Å². The molecule has 3 rings (SSSR count). The summed E-state index contributed by atoms with van der Waals surface area (Å²) in [6.07, 6.45) is 3.67. The molecule has 0 aromatic heterocycles. The van der Waals surface area contributed by atoms with Crippen LogP contribution in [0.1, 0.15) is 35.2 Å². The molecule has 1 heterocycles. The molecule has 1 saturated heterocycles. The van der Waals surface area contributed by atoms with Crippen molar-refractivity contribution in [2.75, 3.05) is 36.1 Å². The summed E-state index contributed by atoms with van der Waals surface area (Å²) in [6.45, 7) is 2.46. The number of amides is 1. The summed E-state index contributed by atoms with van der Waals surface area (Å²) in [7, 11) is 1.61. The molecule has 2 aromatic carbocycles. The minimum Gasteiger partial charge on any atom is -0.398 e. The summed E-state index contributed by atoms with van der Waals surface area (Å²) >= 11 is 0. The van der Waals surface area contributed by atoms with Crippen molar-refractivity contribution in [1.29, 1.82) is 0 Å². The van der Waals surface area contributed by atoms with E-state index >= 15 is 0 Å². The number of anilines is 3. The Morgan fingerprint density at radius 1 is 1.16 bits per heavy atom. The number of para-hydroxylation sites is 2. The number of nitrogen functional groups attached to an aromatic ring is 1. The highest BCUT2D eigenvalue weighted by molar-refractivity contribution is 6.06. The molecule has 25 heavy (non-hydrogen) atoms. The minimum atomic E-state index is -0.137. The fraction of sp³-hybridized carbons (Fsp3) is 0.350. The van der Waals surface area contributed by atoms with E-state index in [9.17, 15) is 4.79 Å². The average molecular weight is 339 g/mol. The Hall–Kier alpha value is -2.53. The summed E-state index contributed by atoms with van der Waals surface area (Å²) < 4.78 is 5.14. The molecule has 5 heteroatoms. The molecule has 1 amide bonds. The van der Waals surface area contributed by atoms with Crippen molar-refractivity contribution in [3.63, 3.8) is 0 Å². The number of nitrogens with zero attached hydrogens (tertiary/aromatic N) is 1. The van der Waals surface area contributed by atoms with E-state index in [1.807, 2.05) is 18.2 Å². The first-order valence-electron chi connectivity index (χ1n) is 8.71. The van der Waals surface area contributed by atoms with Crippen LogP contribution >= 0.6 is 0 Å². The normalized spacial score (nSPS) is 14.4. The van der Waals surface area contributed by atoms with E-state index in [1.165, 1.54) is 19.3 Å². The van der Waals surface area contributed by atoms with Gasteiger partial charge in [0, 0.05) is 37.0 Å². The lowest BCUT2D eigenvalue weighted by Crippen LogP contribution is -2.30. The van der Waals surface area contributed by atoms with Gasteiger partial charge in [-0.2, -0.15) is 0 Å². The fourth-order valence-corrected chi connectivity index (χ4v) is 3.21. The zero-order valence-corrected chi connectivity index (χ0v) is 14.6. The maximum atomic E-state index is 12.7. The van der Waals surface area contributed by atoms with Crippen LogP contribution in [0, 0.1) is 0 Å². The maximum absolute atomic E-state index is 12.7.